The number of alkyl halides is 3. The molecule has 0 N–H and O–H groups in total. The second-order valence-electron chi connectivity index (χ2n) is 3.69. The van der Waals surface area contributed by atoms with E-state index >= 15 is 0 Å². The molecule has 0 aromatic rings. The molecule has 0 heterocycles. The van der Waals surface area contributed by atoms with Crippen molar-refractivity contribution in [3.63, 3.8) is 0 Å². The van der Waals surface area contributed by atoms with Crippen molar-refractivity contribution in [2.24, 2.45) is 11.8 Å². The molecule has 74 valence electrons. The van der Waals surface area contributed by atoms with Crippen LogP contribution in [0.4, 0.5) is 13.2 Å². The van der Waals surface area contributed by atoms with Crippen molar-refractivity contribution in [3.05, 3.63) is 23.8 Å². The van der Waals surface area contributed by atoms with E-state index < -0.39 is 11.7 Å². The lowest BCUT2D eigenvalue weighted by molar-refractivity contribution is -0.0954. The summed E-state index contributed by atoms with van der Waals surface area (Å²) in [6.07, 6.45) is 0.491. The van der Waals surface area contributed by atoms with Crippen LogP contribution in [0, 0.1) is 11.8 Å². The highest BCUT2D eigenvalue weighted by molar-refractivity contribution is 5.23. The fraction of sp³-hybridized carbons (Fsp3) is 0.600. The van der Waals surface area contributed by atoms with Gasteiger partial charge >= 0.3 is 6.18 Å². The Morgan fingerprint density at radius 2 is 2.00 bits per heavy atom. The van der Waals surface area contributed by atoms with Gasteiger partial charge in [0, 0.05) is 5.57 Å². The van der Waals surface area contributed by atoms with Crippen molar-refractivity contribution in [2.45, 2.75) is 26.4 Å². The summed E-state index contributed by atoms with van der Waals surface area (Å²) in [4.78, 5) is 0. The standard InChI is InChI=1S/C10H13F3/c1-7(2)8-4-3-5-9(6-8)10(11,12)13/h3-5,7-8H,6H2,1-2H3. The number of rotatable bonds is 1. The van der Waals surface area contributed by atoms with E-state index in [9.17, 15) is 13.2 Å². The van der Waals surface area contributed by atoms with Gasteiger partial charge in [-0.2, -0.15) is 13.2 Å². The van der Waals surface area contributed by atoms with E-state index in [1.807, 2.05) is 19.9 Å². The molecule has 0 fully saturated rings. The molecule has 0 nitrogen and oxygen atoms in total. The lowest BCUT2D eigenvalue weighted by atomic mass is 9.86. The molecule has 1 atom stereocenters. The van der Waals surface area contributed by atoms with E-state index in [2.05, 4.69) is 0 Å². The normalized spacial score (nSPS) is 23.5. The first-order valence-corrected chi connectivity index (χ1v) is 4.36. The number of allylic oxidation sites excluding steroid dienone is 4. The fourth-order valence-electron chi connectivity index (χ4n) is 1.37. The second kappa shape index (κ2) is 3.56. The summed E-state index contributed by atoms with van der Waals surface area (Å²) >= 11 is 0. The van der Waals surface area contributed by atoms with Crippen molar-refractivity contribution in [1.29, 1.82) is 0 Å². The van der Waals surface area contributed by atoms with E-state index in [1.165, 1.54) is 12.2 Å². The van der Waals surface area contributed by atoms with Gasteiger partial charge in [0.25, 0.3) is 0 Å². The van der Waals surface area contributed by atoms with Gasteiger partial charge in [-0.1, -0.05) is 32.1 Å². The molecular formula is C10H13F3. The van der Waals surface area contributed by atoms with Crippen LogP contribution in [0.15, 0.2) is 23.8 Å². The van der Waals surface area contributed by atoms with Crippen LogP contribution in [0.5, 0.6) is 0 Å². The lowest BCUT2D eigenvalue weighted by Gasteiger charge is -2.22. The molecule has 0 bridgehead atoms. The van der Waals surface area contributed by atoms with Crippen molar-refractivity contribution in [2.75, 3.05) is 0 Å². The Kier molecular flexibility index (Phi) is 2.84. The van der Waals surface area contributed by atoms with Gasteiger partial charge in [-0.3, -0.25) is 0 Å². The molecule has 3 heteroatoms. The van der Waals surface area contributed by atoms with Crippen molar-refractivity contribution >= 4 is 0 Å². The zero-order valence-corrected chi connectivity index (χ0v) is 7.73. The van der Waals surface area contributed by atoms with Gasteiger partial charge in [0.2, 0.25) is 0 Å². The summed E-state index contributed by atoms with van der Waals surface area (Å²) in [6, 6.07) is 0. The van der Waals surface area contributed by atoms with Crippen LogP contribution < -0.4 is 0 Å². The van der Waals surface area contributed by atoms with Crippen LogP contribution in [0.2, 0.25) is 0 Å². The first kappa shape index (κ1) is 10.4. The number of hydrogen-bond acceptors (Lipinski definition) is 0. The predicted octanol–water partition coefficient (Wildman–Crippen LogP) is 3.71. The Hall–Kier alpha value is -0.730. The third-order valence-electron chi connectivity index (χ3n) is 2.33. The van der Waals surface area contributed by atoms with Gasteiger partial charge in [-0.05, 0) is 18.3 Å². The maximum absolute atomic E-state index is 12.3. The summed E-state index contributed by atoms with van der Waals surface area (Å²) in [5, 5.41) is 0. The Morgan fingerprint density at radius 1 is 1.38 bits per heavy atom. The highest BCUT2D eigenvalue weighted by Gasteiger charge is 2.35. The average Bonchev–Trinajstić information content (AvgIpc) is 2.03. The van der Waals surface area contributed by atoms with Crippen LogP contribution in [-0.4, -0.2) is 6.18 Å². The Balaban J connectivity index is 2.72. The molecule has 0 amide bonds. The highest BCUT2D eigenvalue weighted by Crippen LogP contribution is 2.35. The summed E-state index contributed by atoms with van der Waals surface area (Å²) in [5.74, 6) is 0.295. The molecule has 1 aliphatic rings. The summed E-state index contributed by atoms with van der Waals surface area (Å²) in [5.41, 5.74) is -0.409. The van der Waals surface area contributed by atoms with Crippen LogP contribution >= 0.6 is 0 Å². The van der Waals surface area contributed by atoms with Gasteiger partial charge in [-0.15, -0.1) is 0 Å². The lowest BCUT2D eigenvalue weighted by Crippen LogP contribution is -2.19. The third kappa shape index (κ3) is 2.61. The molecule has 1 aliphatic carbocycles. The summed E-state index contributed by atoms with van der Waals surface area (Å²) in [6.45, 7) is 3.88. The Labute approximate surface area is 76.1 Å². The van der Waals surface area contributed by atoms with Gasteiger partial charge < -0.3 is 0 Å². The summed E-state index contributed by atoms with van der Waals surface area (Å²) < 4.78 is 36.8. The quantitative estimate of drug-likeness (QED) is 0.591. The van der Waals surface area contributed by atoms with Crippen molar-refractivity contribution < 1.29 is 13.2 Å². The van der Waals surface area contributed by atoms with Crippen LogP contribution in [0.25, 0.3) is 0 Å². The molecule has 1 unspecified atom stereocenters. The zero-order chi connectivity index (χ0) is 10.1. The maximum Gasteiger partial charge on any atom is 0.412 e. The van der Waals surface area contributed by atoms with E-state index in [4.69, 9.17) is 0 Å². The molecule has 0 saturated heterocycles. The SMILES string of the molecule is CC(C)C1C=CC=C(C(F)(F)F)C1. The van der Waals surface area contributed by atoms with E-state index in [0.717, 1.165) is 0 Å². The minimum absolute atomic E-state index is 0.0293. The highest BCUT2D eigenvalue weighted by atomic mass is 19.4. The van der Waals surface area contributed by atoms with E-state index in [0.29, 0.717) is 0 Å². The summed E-state index contributed by atoms with van der Waals surface area (Å²) in [7, 11) is 0. The van der Waals surface area contributed by atoms with Crippen LogP contribution in [-0.2, 0) is 0 Å². The van der Waals surface area contributed by atoms with Crippen LogP contribution in [0.1, 0.15) is 20.3 Å². The molecule has 0 aliphatic heterocycles. The molecule has 0 saturated carbocycles. The first-order chi connectivity index (χ1) is 5.91. The zero-order valence-electron chi connectivity index (χ0n) is 7.73. The van der Waals surface area contributed by atoms with Gasteiger partial charge in [-0.25, -0.2) is 0 Å². The molecule has 1 rings (SSSR count). The van der Waals surface area contributed by atoms with Gasteiger partial charge in [0.15, 0.2) is 0 Å². The van der Waals surface area contributed by atoms with E-state index in [1.54, 1.807) is 0 Å². The number of hydrogen-bond donors (Lipinski definition) is 0. The Bertz CT molecular complexity index is 233. The predicted molar refractivity (Wildman–Crippen MR) is 46.2 cm³/mol. The molecule has 0 radical (unpaired) electrons. The first-order valence-electron chi connectivity index (χ1n) is 4.36. The molecule has 0 aromatic carbocycles. The van der Waals surface area contributed by atoms with E-state index in [-0.39, 0.29) is 18.3 Å². The topological polar surface area (TPSA) is 0 Å². The molecule has 0 aromatic heterocycles. The van der Waals surface area contributed by atoms with Gasteiger partial charge in [0.05, 0.1) is 0 Å². The smallest absolute Gasteiger partial charge is 0.166 e. The molecular weight excluding hydrogens is 177 g/mol. The van der Waals surface area contributed by atoms with Gasteiger partial charge in [0.1, 0.15) is 0 Å². The largest absolute Gasteiger partial charge is 0.412 e. The molecule has 0 spiro atoms. The monoisotopic (exact) mass is 190 g/mol. The minimum atomic E-state index is -4.15. The maximum atomic E-state index is 12.3. The average molecular weight is 190 g/mol. The van der Waals surface area contributed by atoms with Crippen LogP contribution in [0.3, 0.4) is 0 Å². The van der Waals surface area contributed by atoms with Crippen molar-refractivity contribution in [3.8, 4) is 0 Å². The number of halogens is 3. The Morgan fingerprint density at radius 3 is 2.46 bits per heavy atom. The molecule has 13 heavy (non-hydrogen) atoms. The minimum Gasteiger partial charge on any atom is -0.166 e. The fourth-order valence-corrected chi connectivity index (χ4v) is 1.37. The third-order valence-corrected chi connectivity index (χ3v) is 2.33. The second-order valence-corrected chi connectivity index (χ2v) is 3.69. The van der Waals surface area contributed by atoms with Crippen molar-refractivity contribution in [1.82, 2.24) is 0 Å².